The SMILES string of the molecule is CCOC(=O)C1C(C)=NC2=C(C(=O)C[C@@H](c3ccccc3)C2)[C@@H]1c1ccccc1Cl. The van der Waals surface area contributed by atoms with Crippen LogP contribution in [0.3, 0.4) is 0 Å². The first kappa shape index (κ1) is 20.5. The maximum Gasteiger partial charge on any atom is 0.315 e. The quantitative estimate of drug-likeness (QED) is 0.614. The fourth-order valence-corrected chi connectivity index (χ4v) is 4.87. The number of rotatable bonds is 4. The standard InChI is InChI=1S/C25H24ClNO3/c1-3-30-25(29)22-15(2)27-20-13-17(16-9-5-4-6-10-16)14-21(28)24(20)23(22)18-11-7-8-12-19(18)26/h4-12,17,22-23H,3,13-14H2,1-2H3/t17-,22?,23+/m0/s1. The van der Waals surface area contributed by atoms with Gasteiger partial charge in [0, 0.05) is 34.3 Å². The third kappa shape index (κ3) is 3.72. The van der Waals surface area contributed by atoms with Crippen molar-refractivity contribution in [1.29, 1.82) is 0 Å². The Bertz CT molecular complexity index is 1040. The topological polar surface area (TPSA) is 55.7 Å². The van der Waals surface area contributed by atoms with Crippen molar-refractivity contribution in [2.45, 2.75) is 38.5 Å². The van der Waals surface area contributed by atoms with E-state index in [0.29, 0.717) is 29.1 Å². The number of ether oxygens (including phenoxy) is 1. The van der Waals surface area contributed by atoms with Gasteiger partial charge in [-0.1, -0.05) is 60.1 Å². The van der Waals surface area contributed by atoms with Crippen molar-refractivity contribution >= 4 is 29.1 Å². The molecule has 2 aromatic rings. The number of aliphatic imine (C=N–C) groups is 1. The summed E-state index contributed by atoms with van der Waals surface area (Å²) in [7, 11) is 0. The lowest BCUT2D eigenvalue weighted by molar-refractivity contribution is -0.146. The zero-order chi connectivity index (χ0) is 21.3. The highest BCUT2D eigenvalue weighted by Gasteiger charge is 2.45. The average molecular weight is 422 g/mol. The largest absolute Gasteiger partial charge is 0.465 e. The Morgan fingerprint density at radius 3 is 2.50 bits per heavy atom. The number of hydrogen-bond acceptors (Lipinski definition) is 4. The fraction of sp³-hybridized carbons (Fsp3) is 0.320. The first-order valence-electron chi connectivity index (χ1n) is 10.3. The van der Waals surface area contributed by atoms with Gasteiger partial charge in [-0.15, -0.1) is 0 Å². The molecule has 0 radical (unpaired) electrons. The molecule has 30 heavy (non-hydrogen) atoms. The van der Waals surface area contributed by atoms with Crippen molar-refractivity contribution in [3.8, 4) is 0 Å². The number of carbonyl (C=O) groups excluding carboxylic acids is 2. The van der Waals surface area contributed by atoms with Gasteiger partial charge in [0.25, 0.3) is 0 Å². The molecule has 154 valence electrons. The molecule has 2 aliphatic rings. The Morgan fingerprint density at radius 2 is 1.80 bits per heavy atom. The van der Waals surface area contributed by atoms with Crippen LogP contribution in [-0.2, 0) is 14.3 Å². The van der Waals surface area contributed by atoms with Gasteiger partial charge in [-0.2, -0.15) is 0 Å². The van der Waals surface area contributed by atoms with Crippen LogP contribution in [0.4, 0.5) is 0 Å². The number of allylic oxidation sites excluding steroid dienone is 2. The minimum atomic E-state index is -0.652. The number of Topliss-reactive ketones (excluding diaryl/α,β-unsaturated/α-hetero) is 1. The van der Waals surface area contributed by atoms with Crippen LogP contribution in [0.25, 0.3) is 0 Å². The van der Waals surface area contributed by atoms with Crippen LogP contribution in [0.15, 0.2) is 70.9 Å². The summed E-state index contributed by atoms with van der Waals surface area (Å²) < 4.78 is 5.35. The molecule has 1 unspecified atom stereocenters. The molecule has 0 bridgehead atoms. The van der Waals surface area contributed by atoms with Crippen LogP contribution in [0.5, 0.6) is 0 Å². The van der Waals surface area contributed by atoms with Gasteiger partial charge in [-0.25, -0.2) is 0 Å². The number of nitrogens with zero attached hydrogens (tertiary/aromatic N) is 1. The molecule has 0 fully saturated rings. The van der Waals surface area contributed by atoms with Crippen molar-refractivity contribution in [3.05, 3.63) is 82.0 Å². The lowest BCUT2D eigenvalue weighted by atomic mass is 9.69. The molecule has 1 heterocycles. The van der Waals surface area contributed by atoms with Crippen molar-refractivity contribution in [2.75, 3.05) is 6.61 Å². The Labute approximate surface area is 181 Å². The summed E-state index contributed by atoms with van der Waals surface area (Å²) in [5, 5.41) is 0.538. The molecule has 0 saturated carbocycles. The molecule has 0 amide bonds. The first-order valence-corrected chi connectivity index (χ1v) is 10.7. The molecule has 1 aliphatic heterocycles. The van der Waals surface area contributed by atoms with Gasteiger partial charge in [0.2, 0.25) is 0 Å². The van der Waals surface area contributed by atoms with Crippen molar-refractivity contribution in [3.63, 3.8) is 0 Å². The summed E-state index contributed by atoms with van der Waals surface area (Å²) in [6.07, 6.45) is 1.06. The monoisotopic (exact) mass is 421 g/mol. The van der Waals surface area contributed by atoms with E-state index in [0.717, 1.165) is 16.8 Å². The number of hydrogen-bond donors (Lipinski definition) is 0. The van der Waals surface area contributed by atoms with Crippen molar-refractivity contribution in [1.82, 2.24) is 0 Å². The molecule has 0 saturated heterocycles. The maximum absolute atomic E-state index is 13.4. The van der Waals surface area contributed by atoms with E-state index >= 15 is 0 Å². The van der Waals surface area contributed by atoms with Crippen LogP contribution in [0, 0.1) is 5.92 Å². The van der Waals surface area contributed by atoms with Gasteiger partial charge in [-0.3, -0.25) is 14.6 Å². The second-order valence-electron chi connectivity index (χ2n) is 7.78. The molecule has 3 atom stereocenters. The molecule has 1 aliphatic carbocycles. The van der Waals surface area contributed by atoms with Crippen LogP contribution in [0.1, 0.15) is 49.7 Å². The van der Waals surface area contributed by atoms with E-state index < -0.39 is 11.8 Å². The number of esters is 1. The molecule has 5 heteroatoms. The van der Waals surface area contributed by atoms with Gasteiger partial charge >= 0.3 is 5.97 Å². The molecule has 4 rings (SSSR count). The highest BCUT2D eigenvalue weighted by molar-refractivity contribution is 6.31. The zero-order valence-corrected chi connectivity index (χ0v) is 17.9. The van der Waals surface area contributed by atoms with E-state index in [-0.39, 0.29) is 24.3 Å². The summed E-state index contributed by atoms with van der Waals surface area (Å²) in [4.78, 5) is 31.1. The number of benzene rings is 2. The summed E-state index contributed by atoms with van der Waals surface area (Å²) in [6.45, 7) is 3.89. The van der Waals surface area contributed by atoms with Crippen LogP contribution < -0.4 is 0 Å². The molecular weight excluding hydrogens is 398 g/mol. The van der Waals surface area contributed by atoms with E-state index in [1.54, 1.807) is 13.0 Å². The van der Waals surface area contributed by atoms with Crippen molar-refractivity contribution < 1.29 is 14.3 Å². The second kappa shape index (κ2) is 8.57. The third-order valence-corrected chi connectivity index (χ3v) is 6.28. The van der Waals surface area contributed by atoms with Gasteiger partial charge in [-0.05, 0) is 43.4 Å². The van der Waals surface area contributed by atoms with Crippen molar-refractivity contribution in [2.24, 2.45) is 10.9 Å². The van der Waals surface area contributed by atoms with Crippen LogP contribution >= 0.6 is 11.6 Å². The highest BCUT2D eigenvalue weighted by Crippen LogP contribution is 2.48. The Kier molecular flexibility index (Phi) is 5.87. The third-order valence-electron chi connectivity index (χ3n) is 5.94. The van der Waals surface area contributed by atoms with Gasteiger partial charge < -0.3 is 4.74 Å². The predicted octanol–water partition coefficient (Wildman–Crippen LogP) is 5.48. The Balaban J connectivity index is 1.83. The van der Waals surface area contributed by atoms with Gasteiger partial charge in [0.05, 0.1) is 6.61 Å². The number of carbonyl (C=O) groups is 2. The lowest BCUT2D eigenvalue weighted by Gasteiger charge is -2.36. The second-order valence-corrected chi connectivity index (χ2v) is 8.19. The fourth-order valence-electron chi connectivity index (χ4n) is 4.62. The summed E-state index contributed by atoms with van der Waals surface area (Å²) in [5.41, 5.74) is 3.94. The normalized spacial score (nSPS) is 23.6. The number of ketones is 1. The van der Waals surface area contributed by atoms with E-state index in [1.807, 2.05) is 43.3 Å². The lowest BCUT2D eigenvalue weighted by Crippen LogP contribution is -2.38. The average Bonchev–Trinajstić information content (AvgIpc) is 2.74. The minimum absolute atomic E-state index is 0.0283. The highest BCUT2D eigenvalue weighted by atomic mass is 35.5. The zero-order valence-electron chi connectivity index (χ0n) is 17.1. The van der Waals surface area contributed by atoms with Gasteiger partial charge in [0.1, 0.15) is 5.92 Å². The van der Waals surface area contributed by atoms with E-state index in [9.17, 15) is 9.59 Å². The first-order chi connectivity index (χ1) is 14.5. The van der Waals surface area contributed by atoms with E-state index in [2.05, 4.69) is 12.1 Å². The predicted molar refractivity (Wildman–Crippen MR) is 118 cm³/mol. The molecule has 4 nitrogen and oxygen atoms in total. The summed E-state index contributed by atoms with van der Waals surface area (Å²) >= 11 is 6.53. The summed E-state index contributed by atoms with van der Waals surface area (Å²) in [5.74, 6) is -1.39. The molecular formula is C25H24ClNO3. The number of halogens is 1. The van der Waals surface area contributed by atoms with Gasteiger partial charge in [0.15, 0.2) is 5.78 Å². The maximum atomic E-state index is 13.4. The molecule has 0 N–H and O–H groups in total. The minimum Gasteiger partial charge on any atom is -0.465 e. The summed E-state index contributed by atoms with van der Waals surface area (Å²) in [6, 6.07) is 17.5. The molecule has 0 aromatic heterocycles. The molecule has 2 aromatic carbocycles. The Morgan fingerprint density at radius 1 is 1.10 bits per heavy atom. The molecule has 0 spiro atoms. The van der Waals surface area contributed by atoms with Crippen LogP contribution in [0.2, 0.25) is 5.02 Å². The smallest absolute Gasteiger partial charge is 0.315 e. The van der Waals surface area contributed by atoms with E-state index in [4.69, 9.17) is 21.3 Å². The van der Waals surface area contributed by atoms with Crippen LogP contribution in [-0.4, -0.2) is 24.1 Å². The Hall–Kier alpha value is -2.72. The van der Waals surface area contributed by atoms with E-state index in [1.165, 1.54) is 0 Å².